The largest absolute Gasteiger partial charge is 0.465 e. The van der Waals surface area contributed by atoms with Gasteiger partial charge in [0.25, 0.3) is 0 Å². The van der Waals surface area contributed by atoms with Crippen LogP contribution in [0, 0.1) is 0 Å². The quantitative estimate of drug-likeness (QED) is 0.800. The molecule has 1 aromatic heterocycles. The third kappa shape index (κ3) is 2.51. The number of aromatic nitrogens is 1. The summed E-state index contributed by atoms with van der Waals surface area (Å²) in [5.74, 6) is 0. The van der Waals surface area contributed by atoms with Crippen LogP contribution in [-0.4, -0.2) is 27.6 Å². The minimum Gasteiger partial charge on any atom is -0.465 e. The average Bonchev–Trinajstić information content (AvgIpc) is 2.25. The summed E-state index contributed by atoms with van der Waals surface area (Å²) in [6, 6.07) is 2.01. The Morgan fingerprint density at radius 3 is 2.72 bits per heavy atom. The zero-order valence-corrected chi connectivity index (χ0v) is 12.4. The molecule has 0 aliphatic carbocycles. The van der Waals surface area contributed by atoms with Crippen molar-refractivity contribution >= 4 is 22.0 Å². The van der Waals surface area contributed by atoms with E-state index < -0.39 is 6.09 Å². The summed E-state index contributed by atoms with van der Waals surface area (Å²) in [6.07, 6.45) is -0.172. The fourth-order valence-electron chi connectivity index (χ4n) is 2.13. The zero-order valence-electron chi connectivity index (χ0n) is 10.8. The summed E-state index contributed by atoms with van der Waals surface area (Å²) in [5, 5.41) is 9.01. The molecule has 0 radical (unpaired) electrons. The van der Waals surface area contributed by atoms with Gasteiger partial charge in [-0.05, 0) is 27.6 Å². The topological polar surface area (TPSA) is 53.4 Å². The molecule has 0 fully saturated rings. The molecule has 2 heterocycles. The van der Waals surface area contributed by atoms with Crippen molar-refractivity contribution in [3.63, 3.8) is 0 Å². The highest BCUT2D eigenvalue weighted by molar-refractivity contribution is 9.10. The van der Waals surface area contributed by atoms with Crippen molar-refractivity contribution in [1.29, 1.82) is 0 Å². The smallest absolute Gasteiger partial charge is 0.407 e. The number of halogens is 1. The minimum atomic E-state index is -0.864. The summed E-state index contributed by atoms with van der Waals surface area (Å²) < 4.78 is 0.959. The van der Waals surface area contributed by atoms with E-state index in [1.165, 1.54) is 4.90 Å². The Hall–Kier alpha value is -1.10. The lowest BCUT2D eigenvalue weighted by atomic mass is 9.90. The molecule has 1 aliphatic rings. The number of rotatable bonds is 0. The molecule has 0 saturated carbocycles. The Labute approximate surface area is 115 Å². The first kappa shape index (κ1) is 13.3. The molecule has 5 heteroatoms. The van der Waals surface area contributed by atoms with Crippen LogP contribution in [0.2, 0.25) is 0 Å². The van der Waals surface area contributed by atoms with Crippen molar-refractivity contribution in [1.82, 2.24) is 9.88 Å². The highest BCUT2D eigenvalue weighted by Gasteiger charge is 2.25. The van der Waals surface area contributed by atoms with Crippen molar-refractivity contribution in [2.75, 3.05) is 6.54 Å². The van der Waals surface area contributed by atoms with Crippen LogP contribution in [0.25, 0.3) is 0 Å². The lowest BCUT2D eigenvalue weighted by Gasteiger charge is -2.28. The third-order valence-electron chi connectivity index (χ3n) is 3.11. The second-order valence-electron chi connectivity index (χ2n) is 5.63. The summed E-state index contributed by atoms with van der Waals surface area (Å²) >= 11 is 3.54. The van der Waals surface area contributed by atoms with E-state index >= 15 is 0 Å². The lowest BCUT2D eigenvalue weighted by Crippen LogP contribution is -2.35. The number of hydrogen-bond donors (Lipinski definition) is 1. The van der Waals surface area contributed by atoms with Crippen LogP contribution in [-0.2, 0) is 18.4 Å². The lowest BCUT2D eigenvalue weighted by molar-refractivity contribution is 0.139. The number of pyridine rings is 1. The van der Waals surface area contributed by atoms with Gasteiger partial charge in [-0.25, -0.2) is 4.79 Å². The van der Waals surface area contributed by atoms with E-state index in [0.29, 0.717) is 19.5 Å². The fraction of sp³-hybridized carbons (Fsp3) is 0.538. The molecule has 1 aromatic rings. The first-order valence-corrected chi connectivity index (χ1v) is 6.75. The Bertz CT molecular complexity index is 494. The molecule has 4 nitrogen and oxygen atoms in total. The fourth-order valence-corrected chi connectivity index (χ4v) is 3.09. The van der Waals surface area contributed by atoms with E-state index in [2.05, 4.69) is 36.7 Å². The summed E-state index contributed by atoms with van der Waals surface area (Å²) in [6.45, 7) is 7.33. The number of carbonyl (C=O) groups is 1. The molecular weight excluding hydrogens is 296 g/mol. The molecule has 0 saturated heterocycles. The predicted octanol–water partition coefficient (Wildman–Crippen LogP) is 3.18. The molecule has 1 aliphatic heterocycles. The Morgan fingerprint density at radius 1 is 1.50 bits per heavy atom. The minimum absolute atomic E-state index is 0.0161. The van der Waals surface area contributed by atoms with E-state index in [9.17, 15) is 4.79 Å². The Balaban J connectivity index is 2.39. The van der Waals surface area contributed by atoms with E-state index in [1.807, 2.05) is 6.07 Å². The molecule has 0 aromatic carbocycles. The Morgan fingerprint density at radius 2 is 2.17 bits per heavy atom. The molecule has 1 amide bonds. The average molecular weight is 313 g/mol. The van der Waals surface area contributed by atoms with Gasteiger partial charge in [-0.2, -0.15) is 0 Å². The van der Waals surface area contributed by atoms with Crippen LogP contribution in [0.4, 0.5) is 4.79 Å². The molecule has 0 spiro atoms. The maximum absolute atomic E-state index is 11.0. The molecule has 0 bridgehead atoms. The third-order valence-corrected chi connectivity index (χ3v) is 3.71. The van der Waals surface area contributed by atoms with Gasteiger partial charge in [0.05, 0.1) is 12.2 Å². The highest BCUT2D eigenvalue weighted by Crippen LogP contribution is 2.31. The zero-order chi connectivity index (χ0) is 13.5. The van der Waals surface area contributed by atoms with Crippen molar-refractivity contribution in [2.45, 2.75) is 39.2 Å². The molecule has 2 rings (SSSR count). The van der Waals surface area contributed by atoms with Crippen LogP contribution < -0.4 is 0 Å². The second kappa shape index (κ2) is 4.53. The Kier molecular flexibility index (Phi) is 3.36. The van der Waals surface area contributed by atoms with Gasteiger partial charge in [-0.1, -0.05) is 20.8 Å². The van der Waals surface area contributed by atoms with Gasteiger partial charge in [-0.15, -0.1) is 0 Å². The first-order valence-electron chi connectivity index (χ1n) is 5.95. The van der Waals surface area contributed by atoms with Gasteiger partial charge in [-0.3, -0.25) is 4.98 Å². The van der Waals surface area contributed by atoms with Crippen molar-refractivity contribution < 1.29 is 9.90 Å². The van der Waals surface area contributed by atoms with E-state index in [4.69, 9.17) is 10.1 Å². The summed E-state index contributed by atoms with van der Waals surface area (Å²) in [4.78, 5) is 17.1. The van der Waals surface area contributed by atoms with Gasteiger partial charge < -0.3 is 10.0 Å². The molecule has 98 valence electrons. The van der Waals surface area contributed by atoms with Crippen LogP contribution in [0.1, 0.15) is 37.7 Å². The van der Waals surface area contributed by atoms with Gasteiger partial charge in [0.15, 0.2) is 0 Å². The maximum Gasteiger partial charge on any atom is 0.407 e. The van der Waals surface area contributed by atoms with Gasteiger partial charge in [0.1, 0.15) is 0 Å². The molecule has 18 heavy (non-hydrogen) atoms. The summed E-state index contributed by atoms with van der Waals surface area (Å²) in [7, 11) is 0. The van der Waals surface area contributed by atoms with Crippen LogP contribution in [0.15, 0.2) is 10.5 Å². The normalized spacial score (nSPS) is 15.4. The van der Waals surface area contributed by atoms with Gasteiger partial charge in [0, 0.05) is 28.5 Å². The number of amides is 1. The number of nitrogens with zero attached hydrogens (tertiary/aromatic N) is 2. The molecule has 0 atom stereocenters. The monoisotopic (exact) mass is 312 g/mol. The van der Waals surface area contributed by atoms with E-state index in [-0.39, 0.29) is 5.41 Å². The van der Waals surface area contributed by atoms with E-state index in [1.54, 1.807) is 0 Å². The van der Waals surface area contributed by atoms with Crippen LogP contribution in [0.3, 0.4) is 0 Å². The number of fused-ring (bicyclic) bond motifs is 1. The van der Waals surface area contributed by atoms with Crippen LogP contribution in [0.5, 0.6) is 0 Å². The summed E-state index contributed by atoms with van der Waals surface area (Å²) in [5.41, 5.74) is 3.05. The van der Waals surface area contributed by atoms with Gasteiger partial charge in [0.2, 0.25) is 0 Å². The molecule has 1 N–H and O–H groups in total. The number of carboxylic acid groups (broad SMARTS) is 1. The van der Waals surface area contributed by atoms with Crippen molar-refractivity contribution in [3.05, 3.63) is 27.5 Å². The molecular formula is C13H17BrN2O2. The first-order chi connectivity index (χ1) is 8.29. The standard InChI is InChI=1S/C13H17BrN2O2/c1-13(2,3)11-9(14)6-8-7-16(12(17)18)5-4-10(8)15-11/h6H,4-5,7H2,1-3H3,(H,17,18). The number of hydrogen-bond acceptors (Lipinski definition) is 2. The van der Waals surface area contributed by atoms with E-state index in [0.717, 1.165) is 21.4 Å². The SMILES string of the molecule is CC(C)(C)c1nc2c(cc1Br)CN(C(=O)O)CC2. The second-order valence-corrected chi connectivity index (χ2v) is 6.48. The van der Waals surface area contributed by atoms with Gasteiger partial charge >= 0.3 is 6.09 Å². The molecule has 0 unspecified atom stereocenters. The highest BCUT2D eigenvalue weighted by atomic mass is 79.9. The van der Waals surface area contributed by atoms with Crippen LogP contribution >= 0.6 is 15.9 Å². The predicted molar refractivity (Wildman–Crippen MR) is 72.8 cm³/mol. The van der Waals surface area contributed by atoms with Crippen molar-refractivity contribution in [2.24, 2.45) is 0 Å². The maximum atomic E-state index is 11.0. The van der Waals surface area contributed by atoms with Crippen molar-refractivity contribution in [3.8, 4) is 0 Å².